The number of benzene rings is 2. The number of rotatable bonds is 5. The van der Waals surface area contributed by atoms with Gasteiger partial charge in [-0.05, 0) is 56.7 Å². The Morgan fingerprint density at radius 1 is 1.34 bits per heavy atom. The van der Waals surface area contributed by atoms with Crippen molar-refractivity contribution in [1.82, 2.24) is 5.43 Å². The molecule has 0 aromatic heterocycles. The molecular formula is C22H23BrFN3O2. The fourth-order valence-corrected chi connectivity index (χ4v) is 3.58. The number of likely N-dealkylation sites (N-methyl/N-ethyl adjacent to an activating group) is 1. The van der Waals surface area contributed by atoms with Gasteiger partial charge in [0.1, 0.15) is 11.6 Å². The maximum absolute atomic E-state index is 14.6. The summed E-state index contributed by atoms with van der Waals surface area (Å²) in [7, 11) is 1.94. The van der Waals surface area contributed by atoms with Crippen LogP contribution in [0.5, 0.6) is 5.75 Å². The van der Waals surface area contributed by atoms with E-state index >= 15 is 0 Å². The van der Waals surface area contributed by atoms with Gasteiger partial charge in [0.15, 0.2) is 6.61 Å². The number of halogens is 2. The zero-order chi connectivity index (χ0) is 21.2. The third-order valence-corrected chi connectivity index (χ3v) is 5.39. The number of anilines is 1. The van der Waals surface area contributed by atoms with Crippen LogP contribution in [-0.4, -0.2) is 31.3 Å². The highest BCUT2D eigenvalue weighted by atomic mass is 79.9. The first-order chi connectivity index (χ1) is 13.7. The lowest BCUT2D eigenvalue weighted by Crippen LogP contribution is -2.42. The minimum Gasteiger partial charge on any atom is -0.484 e. The van der Waals surface area contributed by atoms with Crippen LogP contribution in [-0.2, 0) is 4.79 Å². The predicted octanol–water partition coefficient (Wildman–Crippen LogP) is 4.75. The van der Waals surface area contributed by atoms with Crippen molar-refractivity contribution in [3.63, 3.8) is 0 Å². The van der Waals surface area contributed by atoms with Crippen molar-refractivity contribution in [1.29, 1.82) is 0 Å². The van der Waals surface area contributed by atoms with E-state index in [0.29, 0.717) is 11.3 Å². The summed E-state index contributed by atoms with van der Waals surface area (Å²) < 4.78 is 20.8. The number of nitrogens with zero attached hydrogens (tertiary/aromatic N) is 2. The van der Waals surface area contributed by atoms with Gasteiger partial charge in [-0.1, -0.05) is 28.1 Å². The molecule has 0 spiro atoms. The van der Waals surface area contributed by atoms with Crippen molar-refractivity contribution in [2.75, 3.05) is 18.6 Å². The second-order valence-electron chi connectivity index (χ2n) is 7.47. The van der Waals surface area contributed by atoms with Crippen LogP contribution in [0, 0.1) is 5.82 Å². The number of hydrogen-bond donors (Lipinski definition) is 1. The van der Waals surface area contributed by atoms with Crippen LogP contribution in [0.1, 0.15) is 31.9 Å². The fourth-order valence-electron chi connectivity index (χ4n) is 3.20. The average molecular weight is 460 g/mol. The second-order valence-corrected chi connectivity index (χ2v) is 8.39. The number of nitrogens with one attached hydrogen (secondary N) is 1. The van der Waals surface area contributed by atoms with Gasteiger partial charge in [0, 0.05) is 28.3 Å². The minimum absolute atomic E-state index is 0.192. The molecule has 5 nitrogen and oxygen atoms in total. The van der Waals surface area contributed by atoms with Gasteiger partial charge in [-0.15, -0.1) is 0 Å². The normalized spacial score (nSPS) is 15.1. The molecule has 2 aromatic carbocycles. The first-order valence-corrected chi connectivity index (χ1v) is 9.94. The lowest BCUT2D eigenvalue weighted by molar-refractivity contribution is -0.123. The van der Waals surface area contributed by atoms with Gasteiger partial charge in [0.25, 0.3) is 5.91 Å². The molecule has 1 amide bonds. The van der Waals surface area contributed by atoms with Crippen LogP contribution in [0.2, 0.25) is 0 Å². The summed E-state index contributed by atoms with van der Waals surface area (Å²) >= 11 is 3.34. The molecule has 29 heavy (non-hydrogen) atoms. The van der Waals surface area contributed by atoms with E-state index in [-0.39, 0.29) is 12.1 Å². The van der Waals surface area contributed by atoms with Crippen LogP contribution in [0.25, 0.3) is 5.57 Å². The van der Waals surface area contributed by atoms with Crippen molar-refractivity contribution in [2.24, 2.45) is 5.10 Å². The van der Waals surface area contributed by atoms with Crippen LogP contribution >= 0.6 is 15.9 Å². The van der Waals surface area contributed by atoms with Crippen LogP contribution in [0.4, 0.5) is 10.1 Å². The van der Waals surface area contributed by atoms with E-state index in [1.54, 1.807) is 18.2 Å². The van der Waals surface area contributed by atoms with E-state index < -0.39 is 11.7 Å². The molecule has 152 valence electrons. The number of fused-ring (bicyclic) bond motifs is 1. The van der Waals surface area contributed by atoms with E-state index in [0.717, 1.165) is 21.3 Å². The number of allylic oxidation sites excluding steroid dienone is 1. The van der Waals surface area contributed by atoms with Crippen molar-refractivity contribution in [3.8, 4) is 5.75 Å². The molecular weight excluding hydrogens is 437 g/mol. The standard InChI is InChI=1S/C22H23BrFN3O2/c1-14-11-22(2,3)27(4)20-10-19(24)15(8-18(14)20)12-25-26-21(28)13-29-17-7-5-6-16(23)9-17/h5-12H,13H2,1-4H3,(H,26,28)/b25-12+. The van der Waals surface area contributed by atoms with Crippen LogP contribution in [0.15, 0.2) is 52.0 Å². The maximum Gasteiger partial charge on any atom is 0.277 e. The molecule has 0 radical (unpaired) electrons. The number of amides is 1. The second kappa shape index (κ2) is 8.37. The smallest absolute Gasteiger partial charge is 0.277 e. The quantitative estimate of drug-likeness (QED) is 0.518. The summed E-state index contributed by atoms with van der Waals surface area (Å²) in [5, 5.41) is 3.87. The largest absolute Gasteiger partial charge is 0.484 e. The molecule has 0 saturated heterocycles. The van der Waals surface area contributed by atoms with Crippen LogP contribution in [0.3, 0.4) is 0 Å². The van der Waals surface area contributed by atoms with E-state index in [1.165, 1.54) is 12.3 Å². The molecule has 0 atom stereocenters. The third kappa shape index (κ3) is 4.85. The molecule has 0 bridgehead atoms. The summed E-state index contributed by atoms with van der Waals surface area (Å²) in [6, 6.07) is 10.4. The highest BCUT2D eigenvalue weighted by Gasteiger charge is 2.29. The lowest BCUT2D eigenvalue weighted by Gasteiger charge is -2.40. The Hall–Kier alpha value is -2.67. The van der Waals surface area contributed by atoms with E-state index in [2.05, 4.69) is 46.4 Å². The van der Waals surface area contributed by atoms with Gasteiger partial charge in [-0.25, -0.2) is 9.82 Å². The van der Waals surface area contributed by atoms with Gasteiger partial charge in [-0.3, -0.25) is 4.79 Å². The number of carbonyl (C=O) groups excluding carboxylic acids is 1. The van der Waals surface area contributed by atoms with Gasteiger partial charge < -0.3 is 9.64 Å². The van der Waals surface area contributed by atoms with Crippen molar-refractivity contribution < 1.29 is 13.9 Å². The zero-order valence-corrected chi connectivity index (χ0v) is 18.4. The summed E-state index contributed by atoms with van der Waals surface area (Å²) in [5.74, 6) is -0.268. The van der Waals surface area contributed by atoms with Gasteiger partial charge in [0.05, 0.1) is 11.8 Å². The Balaban J connectivity index is 1.67. The Bertz CT molecular complexity index is 1000. The number of ether oxygens (including phenoxy) is 1. The van der Waals surface area contributed by atoms with Gasteiger partial charge >= 0.3 is 0 Å². The number of hydrazone groups is 1. The monoisotopic (exact) mass is 459 g/mol. The molecule has 0 unspecified atom stereocenters. The number of hydrogen-bond acceptors (Lipinski definition) is 4. The lowest BCUT2D eigenvalue weighted by atomic mass is 9.88. The van der Waals surface area contributed by atoms with E-state index in [4.69, 9.17) is 4.74 Å². The average Bonchev–Trinajstić information content (AvgIpc) is 2.65. The molecule has 1 aliphatic heterocycles. The Morgan fingerprint density at radius 3 is 2.83 bits per heavy atom. The van der Waals surface area contributed by atoms with Gasteiger partial charge in [-0.2, -0.15) is 5.10 Å². The highest BCUT2D eigenvalue weighted by molar-refractivity contribution is 9.10. The summed E-state index contributed by atoms with van der Waals surface area (Å²) in [5.41, 5.74) is 5.32. The molecule has 1 N–H and O–H groups in total. The Morgan fingerprint density at radius 2 is 2.10 bits per heavy atom. The molecule has 0 saturated carbocycles. The number of carbonyl (C=O) groups is 1. The molecule has 2 aromatic rings. The summed E-state index contributed by atoms with van der Waals surface area (Å²) in [6.45, 7) is 5.98. The molecule has 7 heteroatoms. The van der Waals surface area contributed by atoms with E-state index in [1.807, 2.05) is 31.0 Å². The molecule has 1 heterocycles. The molecule has 3 rings (SSSR count). The third-order valence-electron chi connectivity index (χ3n) is 4.89. The minimum atomic E-state index is -0.433. The van der Waals surface area contributed by atoms with Crippen molar-refractivity contribution in [2.45, 2.75) is 26.3 Å². The Labute approximate surface area is 178 Å². The zero-order valence-electron chi connectivity index (χ0n) is 16.8. The summed E-state index contributed by atoms with van der Waals surface area (Å²) in [6.07, 6.45) is 3.45. The Kier molecular flexibility index (Phi) is 6.07. The molecule has 0 aliphatic carbocycles. The van der Waals surface area contributed by atoms with Crippen molar-refractivity contribution >= 4 is 39.3 Å². The summed E-state index contributed by atoms with van der Waals surface area (Å²) in [4.78, 5) is 13.9. The van der Waals surface area contributed by atoms with Crippen molar-refractivity contribution in [3.05, 3.63) is 63.9 Å². The van der Waals surface area contributed by atoms with Crippen LogP contribution < -0.4 is 15.1 Å². The molecule has 1 aliphatic rings. The first kappa shape index (κ1) is 21.0. The van der Waals surface area contributed by atoms with E-state index in [9.17, 15) is 9.18 Å². The molecule has 0 fully saturated rings. The highest BCUT2D eigenvalue weighted by Crippen LogP contribution is 2.38. The maximum atomic E-state index is 14.6. The predicted molar refractivity (Wildman–Crippen MR) is 118 cm³/mol. The SMILES string of the molecule is CC1=CC(C)(C)N(C)c2cc(F)c(/C=N/NC(=O)COc3cccc(Br)c3)cc21. The van der Waals surface area contributed by atoms with Gasteiger partial charge in [0.2, 0.25) is 0 Å². The first-order valence-electron chi connectivity index (χ1n) is 9.15. The fraction of sp³-hybridized carbons (Fsp3) is 0.273. The topological polar surface area (TPSA) is 53.9 Å².